The lowest BCUT2D eigenvalue weighted by Gasteiger charge is -2.38. The van der Waals surface area contributed by atoms with E-state index in [4.69, 9.17) is 4.74 Å². The number of hydrogen-bond donors (Lipinski definition) is 1. The molecule has 1 aliphatic heterocycles. The third-order valence-corrected chi connectivity index (χ3v) is 6.11. The van der Waals surface area contributed by atoms with Crippen LogP contribution in [0.3, 0.4) is 0 Å². The Morgan fingerprint density at radius 2 is 1.89 bits per heavy atom. The average molecular weight is 403 g/mol. The molecule has 2 aromatic carbocycles. The minimum absolute atomic E-state index is 0.233. The molecule has 6 nitrogen and oxygen atoms in total. The van der Waals surface area contributed by atoms with Gasteiger partial charge in [0.05, 0.1) is 23.5 Å². The molecule has 1 amide bonds. The second kappa shape index (κ2) is 7.13. The van der Waals surface area contributed by atoms with E-state index in [2.05, 4.69) is 5.32 Å². The SMILES string of the molecule is Cc1ccc2c(c1)OC(C)(C)CC2NC(=O)c1ccccc1N(C)S(C)(=O)=O. The van der Waals surface area contributed by atoms with Crippen molar-refractivity contribution in [3.05, 3.63) is 59.2 Å². The normalized spacial score (nSPS) is 18.0. The highest BCUT2D eigenvalue weighted by Gasteiger charge is 2.35. The summed E-state index contributed by atoms with van der Waals surface area (Å²) < 4.78 is 31.1. The first-order valence-electron chi connectivity index (χ1n) is 9.11. The Labute approximate surface area is 166 Å². The molecule has 0 bridgehead atoms. The molecule has 1 N–H and O–H groups in total. The van der Waals surface area contributed by atoms with Gasteiger partial charge in [-0.3, -0.25) is 9.10 Å². The van der Waals surface area contributed by atoms with Crippen LogP contribution in [-0.2, 0) is 10.0 Å². The van der Waals surface area contributed by atoms with Crippen LogP contribution in [0, 0.1) is 6.92 Å². The lowest BCUT2D eigenvalue weighted by atomic mass is 9.89. The van der Waals surface area contributed by atoms with Crippen LogP contribution in [-0.4, -0.2) is 33.2 Å². The van der Waals surface area contributed by atoms with Crippen molar-refractivity contribution in [2.45, 2.75) is 38.8 Å². The molecule has 0 saturated heterocycles. The first-order chi connectivity index (χ1) is 13.0. The van der Waals surface area contributed by atoms with Gasteiger partial charge in [0.15, 0.2) is 0 Å². The van der Waals surface area contributed by atoms with Gasteiger partial charge < -0.3 is 10.1 Å². The number of hydrogen-bond acceptors (Lipinski definition) is 4. The Bertz CT molecular complexity index is 1010. The minimum atomic E-state index is -3.48. The number of carbonyl (C=O) groups excluding carboxylic acids is 1. The molecule has 150 valence electrons. The maximum absolute atomic E-state index is 13.1. The lowest BCUT2D eigenvalue weighted by molar-refractivity contribution is 0.0619. The van der Waals surface area contributed by atoms with Gasteiger partial charge in [-0.1, -0.05) is 24.3 Å². The predicted molar refractivity (Wildman–Crippen MR) is 110 cm³/mol. The van der Waals surface area contributed by atoms with Gasteiger partial charge in [-0.2, -0.15) is 0 Å². The molecule has 0 aliphatic carbocycles. The third-order valence-electron chi connectivity index (χ3n) is 4.92. The molecule has 2 aromatic rings. The molecule has 0 saturated carbocycles. The highest BCUT2D eigenvalue weighted by molar-refractivity contribution is 7.92. The number of ether oxygens (including phenoxy) is 1. The summed E-state index contributed by atoms with van der Waals surface area (Å²) in [6.07, 6.45) is 1.72. The zero-order valence-corrected chi connectivity index (χ0v) is 17.6. The molecule has 3 rings (SSSR count). The third kappa shape index (κ3) is 4.14. The summed E-state index contributed by atoms with van der Waals surface area (Å²) in [5.74, 6) is 0.448. The lowest BCUT2D eigenvalue weighted by Crippen LogP contribution is -2.41. The quantitative estimate of drug-likeness (QED) is 0.850. The van der Waals surface area contributed by atoms with Crippen LogP contribution >= 0.6 is 0 Å². The highest BCUT2D eigenvalue weighted by Crippen LogP contribution is 2.40. The van der Waals surface area contributed by atoms with Gasteiger partial charge >= 0.3 is 0 Å². The molecule has 0 fully saturated rings. The van der Waals surface area contributed by atoms with Crippen molar-refractivity contribution in [2.24, 2.45) is 0 Å². The van der Waals surface area contributed by atoms with E-state index in [0.29, 0.717) is 17.7 Å². The highest BCUT2D eigenvalue weighted by atomic mass is 32.2. The summed E-state index contributed by atoms with van der Waals surface area (Å²) in [6, 6.07) is 12.4. The number of sulfonamides is 1. The second-order valence-corrected chi connectivity index (χ2v) is 9.89. The number of anilines is 1. The van der Waals surface area contributed by atoms with E-state index < -0.39 is 15.6 Å². The van der Waals surface area contributed by atoms with Crippen LogP contribution < -0.4 is 14.4 Å². The van der Waals surface area contributed by atoms with Gasteiger partial charge in [0.1, 0.15) is 11.4 Å². The summed E-state index contributed by atoms with van der Waals surface area (Å²) >= 11 is 0. The van der Waals surface area contributed by atoms with Gasteiger partial charge in [0.2, 0.25) is 10.0 Å². The zero-order valence-electron chi connectivity index (χ0n) is 16.8. The van der Waals surface area contributed by atoms with E-state index >= 15 is 0 Å². The number of carbonyl (C=O) groups is 1. The fourth-order valence-corrected chi connectivity index (χ4v) is 3.96. The summed E-state index contributed by atoms with van der Waals surface area (Å²) in [6.45, 7) is 5.97. The van der Waals surface area contributed by atoms with Gasteiger partial charge in [-0.05, 0) is 44.5 Å². The molecule has 28 heavy (non-hydrogen) atoms. The standard InChI is InChI=1S/C21H26N2O4S/c1-14-10-11-15-17(13-21(2,3)27-19(15)12-14)22-20(24)16-8-6-7-9-18(16)23(4)28(5,25)26/h6-12,17H,13H2,1-5H3,(H,22,24). The van der Waals surface area contributed by atoms with E-state index in [-0.39, 0.29) is 11.9 Å². The molecule has 0 radical (unpaired) electrons. The van der Waals surface area contributed by atoms with E-state index in [0.717, 1.165) is 27.4 Å². The van der Waals surface area contributed by atoms with E-state index in [1.54, 1.807) is 24.3 Å². The first-order valence-corrected chi connectivity index (χ1v) is 11.0. The van der Waals surface area contributed by atoms with Crippen molar-refractivity contribution >= 4 is 21.6 Å². The number of benzene rings is 2. The number of amides is 1. The molecule has 1 heterocycles. The Morgan fingerprint density at radius 3 is 2.57 bits per heavy atom. The van der Waals surface area contributed by atoms with Crippen LogP contribution in [0.4, 0.5) is 5.69 Å². The van der Waals surface area contributed by atoms with E-state index in [9.17, 15) is 13.2 Å². The van der Waals surface area contributed by atoms with Crippen molar-refractivity contribution in [3.63, 3.8) is 0 Å². The largest absolute Gasteiger partial charge is 0.487 e. The number of aryl methyl sites for hydroxylation is 1. The Hall–Kier alpha value is -2.54. The fraction of sp³-hybridized carbons (Fsp3) is 0.381. The molecule has 0 spiro atoms. The minimum Gasteiger partial charge on any atom is -0.487 e. The summed E-state index contributed by atoms with van der Waals surface area (Å²) in [4.78, 5) is 13.1. The molecule has 0 aromatic heterocycles. The van der Waals surface area contributed by atoms with Crippen LogP contribution in [0.15, 0.2) is 42.5 Å². The molecular formula is C21H26N2O4S. The van der Waals surface area contributed by atoms with Crippen LogP contribution in [0.25, 0.3) is 0 Å². The van der Waals surface area contributed by atoms with Crippen molar-refractivity contribution in [2.75, 3.05) is 17.6 Å². The maximum Gasteiger partial charge on any atom is 0.253 e. The zero-order chi connectivity index (χ0) is 20.7. The van der Waals surface area contributed by atoms with Crippen LogP contribution in [0.1, 0.15) is 47.8 Å². The Morgan fingerprint density at radius 1 is 1.21 bits per heavy atom. The van der Waals surface area contributed by atoms with Crippen LogP contribution in [0.2, 0.25) is 0 Å². The molecule has 1 unspecified atom stereocenters. The molecule has 7 heteroatoms. The maximum atomic E-state index is 13.1. The van der Waals surface area contributed by atoms with Gasteiger partial charge in [-0.15, -0.1) is 0 Å². The average Bonchev–Trinajstić information content (AvgIpc) is 2.58. The summed E-state index contributed by atoms with van der Waals surface area (Å²) in [5.41, 5.74) is 2.24. The van der Waals surface area contributed by atoms with E-state index in [1.807, 2.05) is 39.0 Å². The molecular weight excluding hydrogens is 376 g/mol. The Balaban J connectivity index is 1.95. The predicted octanol–water partition coefficient (Wildman–Crippen LogP) is 3.42. The van der Waals surface area contributed by atoms with E-state index in [1.165, 1.54) is 7.05 Å². The summed E-state index contributed by atoms with van der Waals surface area (Å²) in [5, 5.41) is 3.07. The van der Waals surface area contributed by atoms with Crippen LogP contribution in [0.5, 0.6) is 5.75 Å². The summed E-state index contributed by atoms with van der Waals surface area (Å²) in [7, 11) is -2.04. The topological polar surface area (TPSA) is 75.7 Å². The number of nitrogens with zero attached hydrogens (tertiary/aromatic N) is 1. The number of para-hydroxylation sites is 1. The van der Waals surface area contributed by atoms with Gasteiger partial charge in [0.25, 0.3) is 5.91 Å². The van der Waals surface area contributed by atoms with Crippen molar-refractivity contribution in [1.82, 2.24) is 5.32 Å². The smallest absolute Gasteiger partial charge is 0.253 e. The number of nitrogens with one attached hydrogen (secondary N) is 1. The van der Waals surface area contributed by atoms with Crippen molar-refractivity contribution in [1.29, 1.82) is 0 Å². The fourth-order valence-electron chi connectivity index (χ4n) is 3.44. The molecule has 1 aliphatic rings. The van der Waals surface area contributed by atoms with Gasteiger partial charge in [0, 0.05) is 19.0 Å². The van der Waals surface area contributed by atoms with Crippen molar-refractivity contribution in [3.8, 4) is 5.75 Å². The Kier molecular flexibility index (Phi) is 5.14. The number of rotatable bonds is 4. The second-order valence-electron chi connectivity index (χ2n) is 7.88. The molecule has 1 atom stereocenters. The van der Waals surface area contributed by atoms with Gasteiger partial charge in [-0.25, -0.2) is 8.42 Å². The monoisotopic (exact) mass is 402 g/mol. The first kappa shape index (κ1) is 20.2. The van der Waals surface area contributed by atoms with Crippen molar-refractivity contribution < 1.29 is 17.9 Å². The number of fused-ring (bicyclic) bond motifs is 1.